The molecule has 0 bridgehead atoms. The van der Waals surface area contributed by atoms with Gasteiger partial charge in [0.2, 0.25) is 10.0 Å². The second kappa shape index (κ2) is 6.37. The minimum absolute atomic E-state index is 0.274. The van der Waals surface area contributed by atoms with Crippen LogP contribution in [0, 0.1) is 16.0 Å². The van der Waals surface area contributed by atoms with E-state index in [0.717, 1.165) is 25.0 Å². The van der Waals surface area contributed by atoms with E-state index in [1.54, 1.807) is 0 Å². The summed E-state index contributed by atoms with van der Waals surface area (Å²) in [7, 11) is -3.93. The maximum atomic E-state index is 12.2. The Morgan fingerprint density at radius 2 is 2.10 bits per heavy atom. The Morgan fingerprint density at radius 1 is 1.38 bits per heavy atom. The van der Waals surface area contributed by atoms with Gasteiger partial charge < -0.3 is 5.43 Å². The van der Waals surface area contributed by atoms with Crippen LogP contribution in [-0.4, -0.2) is 19.9 Å². The molecular formula is C12H18N4O4S. The number of hydrogen-bond donors (Lipinski definition) is 3. The van der Waals surface area contributed by atoms with Gasteiger partial charge in [0, 0.05) is 12.6 Å². The first kappa shape index (κ1) is 15.7. The first-order valence-corrected chi connectivity index (χ1v) is 8.17. The SMILES string of the molecule is NNc1ccc([N+](=O)[O-])c(S(=O)(=O)NCCCC2CC2)c1. The second-order valence-electron chi connectivity index (χ2n) is 5.07. The molecule has 2 rings (SSSR count). The molecule has 1 aliphatic rings. The fraction of sp³-hybridized carbons (Fsp3) is 0.500. The molecular weight excluding hydrogens is 296 g/mol. The van der Waals surface area contributed by atoms with Crippen LogP contribution in [0.3, 0.4) is 0 Å². The fourth-order valence-corrected chi connectivity index (χ4v) is 3.32. The first-order chi connectivity index (χ1) is 9.94. The number of nitro benzene ring substituents is 1. The normalized spacial score (nSPS) is 14.9. The van der Waals surface area contributed by atoms with Gasteiger partial charge in [-0.3, -0.25) is 16.0 Å². The Labute approximate surface area is 122 Å². The van der Waals surface area contributed by atoms with E-state index in [0.29, 0.717) is 11.6 Å². The summed E-state index contributed by atoms with van der Waals surface area (Å²) in [6, 6.07) is 3.62. The zero-order valence-corrected chi connectivity index (χ0v) is 12.2. The van der Waals surface area contributed by atoms with E-state index < -0.39 is 20.6 Å². The lowest BCUT2D eigenvalue weighted by Gasteiger charge is -2.09. The van der Waals surface area contributed by atoms with Gasteiger partial charge in [-0.1, -0.05) is 12.8 Å². The molecule has 0 unspecified atom stereocenters. The standard InChI is InChI=1S/C12H18N4O4S/c13-15-10-5-6-11(16(17)18)12(8-10)21(19,20)14-7-1-2-9-3-4-9/h5-6,8-9,14-15H,1-4,7,13H2. The largest absolute Gasteiger partial charge is 0.324 e. The monoisotopic (exact) mass is 314 g/mol. The van der Waals surface area contributed by atoms with E-state index in [2.05, 4.69) is 10.1 Å². The zero-order valence-electron chi connectivity index (χ0n) is 11.4. The van der Waals surface area contributed by atoms with Crippen LogP contribution in [0.1, 0.15) is 25.7 Å². The summed E-state index contributed by atoms with van der Waals surface area (Å²) in [6.07, 6.45) is 4.13. The van der Waals surface area contributed by atoms with Crippen LogP contribution >= 0.6 is 0 Å². The molecule has 0 saturated heterocycles. The fourth-order valence-electron chi connectivity index (χ4n) is 2.05. The molecule has 0 spiro atoms. The molecule has 0 atom stereocenters. The molecule has 1 saturated carbocycles. The van der Waals surface area contributed by atoms with Crippen LogP contribution in [-0.2, 0) is 10.0 Å². The highest BCUT2D eigenvalue weighted by Crippen LogP contribution is 2.33. The number of nitrogens with zero attached hydrogens (tertiary/aromatic N) is 1. The van der Waals surface area contributed by atoms with Crippen molar-refractivity contribution in [1.29, 1.82) is 0 Å². The zero-order chi connectivity index (χ0) is 15.5. The predicted molar refractivity (Wildman–Crippen MR) is 78.1 cm³/mol. The number of nitrogens with two attached hydrogens (primary N) is 1. The summed E-state index contributed by atoms with van der Waals surface area (Å²) in [6.45, 7) is 0.274. The molecule has 0 aromatic heterocycles. The predicted octanol–water partition coefficient (Wildman–Crippen LogP) is 1.35. The van der Waals surface area contributed by atoms with Gasteiger partial charge in [0.1, 0.15) is 0 Å². The third kappa shape index (κ3) is 4.13. The second-order valence-corrected chi connectivity index (χ2v) is 6.80. The molecule has 0 heterocycles. The Kier molecular flexibility index (Phi) is 4.76. The number of sulfonamides is 1. The summed E-state index contributed by atoms with van der Waals surface area (Å²) in [5.74, 6) is 5.93. The van der Waals surface area contributed by atoms with E-state index >= 15 is 0 Å². The Hall–Kier alpha value is -1.71. The van der Waals surface area contributed by atoms with Gasteiger partial charge in [-0.2, -0.15) is 0 Å². The summed E-state index contributed by atoms with van der Waals surface area (Å²) in [4.78, 5) is 9.85. The van der Waals surface area contributed by atoms with Gasteiger partial charge in [-0.15, -0.1) is 0 Å². The number of nitrogen functional groups attached to an aromatic ring is 1. The van der Waals surface area contributed by atoms with Crippen LogP contribution in [0.2, 0.25) is 0 Å². The van der Waals surface area contributed by atoms with Crippen molar-refractivity contribution < 1.29 is 13.3 Å². The van der Waals surface area contributed by atoms with Gasteiger partial charge in [-0.25, -0.2) is 13.1 Å². The highest BCUT2D eigenvalue weighted by atomic mass is 32.2. The van der Waals surface area contributed by atoms with Crippen LogP contribution in [0.15, 0.2) is 23.1 Å². The summed E-state index contributed by atoms with van der Waals surface area (Å²) in [5, 5.41) is 11.0. The molecule has 1 aromatic rings. The third-order valence-electron chi connectivity index (χ3n) is 3.39. The highest BCUT2D eigenvalue weighted by molar-refractivity contribution is 7.89. The van der Waals surface area contributed by atoms with Crippen LogP contribution in [0.5, 0.6) is 0 Å². The van der Waals surface area contributed by atoms with Crippen molar-refractivity contribution >= 4 is 21.4 Å². The van der Waals surface area contributed by atoms with E-state index in [1.165, 1.54) is 18.9 Å². The molecule has 21 heavy (non-hydrogen) atoms. The van der Waals surface area contributed by atoms with E-state index in [4.69, 9.17) is 5.84 Å². The van der Waals surface area contributed by atoms with Crippen molar-refractivity contribution in [2.75, 3.05) is 12.0 Å². The molecule has 0 aliphatic heterocycles. The molecule has 4 N–H and O–H groups in total. The minimum Gasteiger partial charge on any atom is -0.324 e. The summed E-state index contributed by atoms with van der Waals surface area (Å²) in [5.41, 5.74) is 2.10. The van der Waals surface area contributed by atoms with Crippen molar-refractivity contribution in [2.24, 2.45) is 11.8 Å². The van der Waals surface area contributed by atoms with Crippen molar-refractivity contribution in [3.63, 3.8) is 0 Å². The van der Waals surface area contributed by atoms with E-state index in [9.17, 15) is 18.5 Å². The molecule has 1 aromatic carbocycles. The van der Waals surface area contributed by atoms with Crippen LogP contribution < -0.4 is 16.0 Å². The number of anilines is 1. The van der Waals surface area contributed by atoms with Crippen molar-refractivity contribution in [2.45, 2.75) is 30.6 Å². The molecule has 116 valence electrons. The molecule has 0 amide bonds. The number of hydrazine groups is 1. The maximum Gasteiger partial charge on any atom is 0.289 e. The van der Waals surface area contributed by atoms with Gasteiger partial charge in [0.25, 0.3) is 5.69 Å². The first-order valence-electron chi connectivity index (χ1n) is 6.69. The summed E-state index contributed by atoms with van der Waals surface area (Å²) < 4.78 is 26.8. The molecule has 1 fully saturated rings. The van der Waals surface area contributed by atoms with Gasteiger partial charge in [0.05, 0.1) is 10.6 Å². The quantitative estimate of drug-likeness (QED) is 0.287. The molecule has 1 aliphatic carbocycles. The van der Waals surface area contributed by atoms with Gasteiger partial charge in [0.15, 0.2) is 4.90 Å². The lowest BCUT2D eigenvalue weighted by molar-refractivity contribution is -0.387. The topological polar surface area (TPSA) is 127 Å². The van der Waals surface area contributed by atoms with Crippen molar-refractivity contribution in [1.82, 2.24) is 4.72 Å². The van der Waals surface area contributed by atoms with Crippen molar-refractivity contribution in [3.8, 4) is 0 Å². The minimum atomic E-state index is -3.93. The Balaban J connectivity index is 2.13. The average Bonchev–Trinajstić information content (AvgIpc) is 3.27. The molecule has 0 radical (unpaired) electrons. The number of rotatable bonds is 8. The lowest BCUT2D eigenvalue weighted by atomic mass is 10.2. The van der Waals surface area contributed by atoms with E-state index in [-0.39, 0.29) is 11.4 Å². The van der Waals surface area contributed by atoms with Crippen LogP contribution in [0.25, 0.3) is 0 Å². The van der Waals surface area contributed by atoms with E-state index in [1.807, 2.05) is 0 Å². The number of nitro groups is 1. The van der Waals surface area contributed by atoms with Gasteiger partial charge in [-0.05, 0) is 30.9 Å². The smallest absolute Gasteiger partial charge is 0.289 e. The lowest BCUT2D eigenvalue weighted by Crippen LogP contribution is -2.26. The third-order valence-corrected chi connectivity index (χ3v) is 4.88. The maximum absolute atomic E-state index is 12.2. The highest BCUT2D eigenvalue weighted by Gasteiger charge is 2.26. The Bertz CT molecular complexity index is 628. The number of benzene rings is 1. The van der Waals surface area contributed by atoms with Gasteiger partial charge >= 0.3 is 0 Å². The average molecular weight is 314 g/mol. The molecule has 9 heteroatoms. The Morgan fingerprint density at radius 3 is 2.67 bits per heavy atom. The number of nitrogens with one attached hydrogen (secondary N) is 2. The van der Waals surface area contributed by atoms with Crippen LogP contribution in [0.4, 0.5) is 11.4 Å². The molecule has 8 nitrogen and oxygen atoms in total. The number of hydrogen-bond acceptors (Lipinski definition) is 6. The summed E-state index contributed by atoms with van der Waals surface area (Å²) >= 11 is 0. The van der Waals surface area contributed by atoms with Crippen molar-refractivity contribution in [3.05, 3.63) is 28.3 Å².